The van der Waals surface area contributed by atoms with Crippen molar-refractivity contribution in [1.82, 2.24) is 0 Å². The third kappa shape index (κ3) is 4.91. The van der Waals surface area contributed by atoms with Gasteiger partial charge in [0.25, 0.3) is 5.91 Å². The van der Waals surface area contributed by atoms with Crippen LogP contribution in [0, 0.1) is 12.7 Å². The minimum Gasteiger partial charge on any atom is -0.507 e. The molecule has 150 valence electrons. The minimum absolute atomic E-state index is 0.235. The van der Waals surface area contributed by atoms with E-state index in [1.165, 1.54) is 42.5 Å². The number of benzene rings is 3. The van der Waals surface area contributed by atoms with Gasteiger partial charge in [0.05, 0.1) is 0 Å². The van der Waals surface area contributed by atoms with Gasteiger partial charge in [-0.25, -0.2) is 12.8 Å². The molecule has 8 heteroatoms. The molecule has 0 bridgehead atoms. The molecule has 0 aliphatic rings. The number of hydrogen-bond acceptors (Lipinski definition) is 5. The van der Waals surface area contributed by atoms with Crippen molar-refractivity contribution < 1.29 is 27.4 Å². The van der Waals surface area contributed by atoms with E-state index in [1.54, 1.807) is 25.1 Å². The van der Waals surface area contributed by atoms with Crippen LogP contribution in [0.3, 0.4) is 0 Å². The molecule has 0 atom stereocenters. The number of phenols is 1. The molecule has 0 fully saturated rings. The van der Waals surface area contributed by atoms with Gasteiger partial charge in [-0.15, -0.1) is 0 Å². The Balaban J connectivity index is 1.79. The number of ether oxygens (including phenoxy) is 1. The van der Waals surface area contributed by atoms with Crippen LogP contribution in [0.2, 0.25) is 0 Å². The highest BCUT2D eigenvalue weighted by Gasteiger charge is 2.16. The Morgan fingerprint density at radius 1 is 1.00 bits per heavy atom. The fraction of sp³-hybridized carbons (Fsp3) is 0.0952. The number of aryl methyl sites for hydroxylation is 1. The van der Waals surface area contributed by atoms with Gasteiger partial charge in [0, 0.05) is 17.5 Å². The predicted octanol–water partition coefficient (Wildman–Crippen LogP) is 4.29. The monoisotopic (exact) mass is 415 g/mol. The first-order chi connectivity index (χ1) is 13.6. The van der Waals surface area contributed by atoms with Crippen molar-refractivity contribution in [3.8, 4) is 17.2 Å². The zero-order chi connectivity index (χ0) is 21.2. The molecule has 6 nitrogen and oxygen atoms in total. The molecule has 0 unspecified atom stereocenters. The second kappa shape index (κ2) is 7.92. The van der Waals surface area contributed by atoms with E-state index < -0.39 is 15.7 Å². The Morgan fingerprint density at radius 3 is 2.28 bits per heavy atom. The highest BCUT2D eigenvalue weighted by molar-refractivity contribution is 7.90. The molecule has 0 aliphatic carbocycles. The van der Waals surface area contributed by atoms with Crippen LogP contribution in [0.5, 0.6) is 17.2 Å². The molecule has 0 heterocycles. The summed E-state index contributed by atoms with van der Waals surface area (Å²) in [5.41, 5.74) is 1.23. The van der Waals surface area contributed by atoms with Crippen molar-refractivity contribution in [2.24, 2.45) is 0 Å². The van der Waals surface area contributed by atoms with E-state index in [9.17, 15) is 22.7 Å². The van der Waals surface area contributed by atoms with E-state index >= 15 is 0 Å². The number of hydrogen-bond donors (Lipinski definition) is 2. The predicted molar refractivity (Wildman–Crippen MR) is 107 cm³/mol. The molecule has 1 amide bonds. The van der Waals surface area contributed by atoms with E-state index in [4.69, 9.17) is 4.74 Å². The largest absolute Gasteiger partial charge is 0.507 e. The van der Waals surface area contributed by atoms with Crippen LogP contribution in [0.1, 0.15) is 15.9 Å². The van der Waals surface area contributed by atoms with Gasteiger partial charge < -0.3 is 15.2 Å². The number of carbonyl (C=O) groups is 1. The molecule has 0 spiro atoms. The molecule has 0 aliphatic heterocycles. The van der Waals surface area contributed by atoms with Crippen molar-refractivity contribution in [3.63, 3.8) is 0 Å². The van der Waals surface area contributed by atoms with Crippen LogP contribution < -0.4 is 10.1 Å². The van der Waals surface area contributed by atoms with Crippen molar-refractivity contribution in [1.29, 1.82) is 0 Å². The summed E-state index contributed by atoms with van der Waals surface area (Å²) in [6.45, 7) is 1.73. The van der Waals surface area contributed by atoms with E-state index in [0.717, 1.165) is 6.26 Å². The molecule has 29 heavy (non-hydrogen) atoms. The summed E-state index contributed by atoms with van der Waals surface area (Å²) in [7, 11) is -3.64. The number of halogens is 1. The average Bonchev–Trinajstić information content (AvgIpc) is 2.64. The lowest BCUT2D eigenvalue weighted by molar-refractivity contribution is 0.102. The van der Waals surface area contributed by atoms with Crippen LogP contribution in [-0.2, 0) is 9.84 Å². The Morgan fingerprint density at radius 2 is 1.66 bits per heavy atom. The highest BCUT2D eigenvalue weighted by Crippen LogP contribution is 2.27. The van der Waals surface area contributed by atoms with E-state index in [1.807, 2.05) is 0 Å². The summed E-state index contributed by atoms with van der Waals surface area (Å²) in [6, 6.07) is 14.2. The van der Waals surface area contributed by atoms with Crippen LogP contribution in [0.4, 0.5) is 10.1 Å². The zero-order valence-corrected chi connectivity index (χ0v) is 16.5. The molecule has 2 N–H and O–H groups in total. The van der Waals surface area contributed by atoms with Crippen LogP contribution in [-0.4, -0.2) is 25.7 Å². The number of phenolic OH excluding ortho intramolecular Hbond substituents is 1. The average molecular weight is 415 g/mol. The molecular formula is C21H18FNO5S. The first-order valence-corrected chi connectivity index (χ1v) is 10.4. The second-order valence-corrected chi connectivity index (χ2v) is 8.43. The molecule has 0 saturated carbocycles. The van der Waals surface area contributed by atoms with Crippen molar-refractivity contribution in [2.75, 3.05) is 11.6 Å². The van der Waals surface area contributed by atoms with Crippen molar-refractivity contribution in [2.45, 2.75) is 11.8 Å². The summed E-state index contributed by atoms with van der Waals surface area (Å²) in [6.07, 6.45) is 0.970. The molecule has 0 radical (unpaired) electrons. The normalized spacial score (nSPS) is 11.1. The summed E-state index contributed by atoms with van der Waals surface area (Å²) in [5, 5.41) is 12.3. The number of rotatable bonds is 5. The van der Waals surface area contributed by atoms with Gasteiger partial charge in [-0.05, 0) is 73.2 Å². The van der Waals surface area contributed by atoms with Gasteiger partial charge >= 0.3 is 0 Å². The Labute approximate surface area is 167 Å². The molecule has 3 aromatic carbocycles. The smallest absolute Gasteiger partial charge is 0.255 e. The van der Waals surface area contributed by atoms with Crippen molar-refractivity contribution >= 4 is 21.4 Å². The number of sulfone groups is 1. The third-order valence-electron chi connectivity index (χ3n) is 4.11. The van der Waals surface area contributed by atoms with Gasteiger partial charge in [0.2, 0.25) is 0 Å². The van der Waals surface area contributed by atoms with Gasteiger partial charge in [0.15, 0.2) is 9.84 Å². The molecule has 0 aromatic heterocycles. The Kier molecular flexibility index (Phi) is 5.56. The summed E-state index contributed by atoms with van der Waals surface area (Å²) in [4.78, 5) is 12.3. The first-order valence-electron chi connectivity index (χ1n) is 8.52. The Hall–Kier alpha value is -3.39. The van der Waals surface area contributed by atoms with E-state index in [-0.39, 0.29) is 22.1 Å². The van der Waals surface area contributed by atoms with Gasteiger partial charge in [-0.3, -0.25) is 4.79 Å². The maximum absolute atomic E-state index is 13.0. The maximum Gasteiger partial charge on any atom is 0.255 e. The van der Waals surface area contributed by atoms with Crippen LogP contribution in [0.15, 0.2) is 65.6 Å². The quantitative estimate of drug-likeness (QED) is 0.607. The lowest BCUT2D eigenvalue weighted by Gasteiger charge is -2.12. The topological polar surface area (TPSA) is 92.7 Å². The first kappa shape index (κ1) is 20.3. The van der Waals surface area contributed by atoms with E-state index in [2.05, 4.69) is 5.32 Å². The summed E-state index contributed by atoms with van der Waals surface area (Å²) in [5.74, 6) is -0.256. The number of amides is 1. The molecule has 3 rings (SSSR count). The van der Waals surface area contributed by atoms with Gasteiger partial charge in [-0.2, -0.15) is 0 Å². The lowest BCUT2D eigenvalue weighted by Crippen LogP contribution is -2.13. The van der Waals surface area contributed by atoms with Gasteiger partial charge in [-0.1, -0.05) is 0 Å². The molecule has 3 aromatic rings. The number of nitrogens with one attached hydrogen (secondary N) is 1. The Bertz CT molecular complexity index is 1170. The standard InChI is InChI=1S/C21H18FNO5S/c1-13-11-17(28-16-6-3-14(22)4-7-16)8-9-18(13)21(25)23-15-5-10-19(24)20(12-15)29(2,26)27/h3-12,24H,1-2H3,(H,23,25). The molecule has 0 saturated heterocycles. The number of anilines is 1. The summed E-state index contributed by atoms with van der Waals surface area (Å²) < 4.78 is 42.0. The zero-order valence-electron chi connectivity index (χ0n) is 15.6. The fourth-order valence-corrected chi connectivity index (χ4v) is 3.47. The van der Waals surface area contributed by atoms with Gasteiger partial charge in [0.1, 0.15) is 28.0 Å². The third-order valence-corrected chi connectivity index (χ3v) is 5.23. The SMILES string of the molecule is Cc1cc(Oc2ccc(F)cc2)ccc1C(=O)Nc1ccc(O)c(S(C)(=O)=O)c1. The highest BCUT2D eigenvalue weighted by atomic mass is 32.2. The van der Waals surface area contributed by atoms with Crippen LogP contribution in [0.25, 0.3) is 0 Å². The molecular weight excluding hydrogens is 397 g/mol. The lowest BCUT2D eigenvalue weighted by atomic mass is 10.1. The summed E-state index contributed by atoms with van der Waals surface area (Å²) >= 11 is 0. The van der Waals surface area contributed by atoms with Crippen molar-refractivity contribution in [3.05, 3.63) is 77.6 Å². The fourth-order valence-electron chi connectivity index (χ4n) is 2.68. The minimum atomic E-state index is -3.64. The number of aromatic hydroxyl groups is 1. The van der Waals surface area contributed by atoms with Crippen LogP contribution >= 0.6 is 0 Å². The van der Waals surface area contributed by atoms with E-state index in [0.29, 0.717) is 22.6 Å². The maximum atomic E-state index is 13.0. The number of carbonyl (C=O) groups excluding carboxylic acids is 1. The second-order valence-electron chi connectivity index (χ2n) is 6.44.